The van der Waals surface area contributed by atoms with Crippen LogP contribution in [0.15, 0.2) is 58.1 Å². The van der Waals surface area contributed by atoms with E-state index < -0.39 is 0 Å². The second-order valence-electron chi connectivity index (χ2n) is 11.5. The number of nitrogens with one attached hydrogen (secondary N) is 1. The summed E-state index contributed by atoms with van der Waals surface area (Å²) in [6.07, 6.45) is 6.00. The predicted molar refractivity (Wildman–Crippen MR) is 174 cm³/mol. The Labute approximate surface area is 268 Å². The van der Waals surface area contributed by atoms with Crippen LogP contribution >= 0.6 is 0 Å². The van der Waals surface area contributed by atoms with E-state index in [0.717, 1.165) is 16.5 Å². The summed E-state index contributed by atoms with van der Waals surface area (Å²) in [6, 6.07) is 8.54. The lowest BCUT2D eigenvalue weighted by atomic mass is 10.1. The molecule has 2 aliphatic heterocycles. The molecule has 0 unspecified atom stereocenters. The fraction of sp³-hybridized carbons (Fsp3) is 0.333. The van der Waals surface area contributed by atoms with Crippen LogP contribution in [0.1, 0.15) is 40.9 Å². The summed E-state index contributed by atoms with van der Waals surface area (Å²) < 4.78 is 14.1. The first-order valence-corrected chi connectivity index (χ1v) is 15.6. The number of ether oxygens (including phenoxy) is 1. The maximum absolute atomic E-state index is 14.2. The monoisotopic (exact) mass is 638 g/mol. The van der Waals surface area contributed by atoms with Gasteiger partial charge in [-0.2, -0.15) is 9.50 Å². The summed E-state index contributed by atoms with van der Waals surface area (Å²) in [5, 5.41) is 18.6. The van der Waals surface area contributed by atoms with Gasteiger partial charge in [0.05, 0.1) is 30.9 Å². The third-order valence-corrected chi connectivity index (χ3v) is 8.67. The summed E-state index contributed by atoms with van der Waals surface area (Å²) in [4.78, 5) is 53.4. The zero-order valence-corrected chi connectivity index (χ0v) is 26.1. The molecule has 2 N–H and O–H groups in total. The van der Waals surface area contributed by atoms with Crippen molar-refractivity contribution in [2.75, 3.05) is 49.6 Å². The van der Waals surface area contributed by atoms with E-state index >= 15 is 0 Å². The van der Waals surface area contributed by atoms with Crippen LogP contribution in [0.5, 0.6) is 5.75 Å². The summed E-state index contributed by atoms with van der Waals surface area (Å²) >= 11 is 0. The van der Waals surface area contributed by atoms with Crippen molar-refractivity contribution >= 4 is 45.5 Å². The molecule has 2 aliphatic rings. The Morgan fingerprint density at radius 1 is 1.11 bits per heavy atom. The van der Waals surface area contributed by atoms with Crippen molar-refractivity contribution < 1.29 is 23.8 Å². The molecule has 0 bridgehead atoms. The van der Waals surface area contributed by atoms with Crippen molar-refractivity contribution in [3.05, 3.63) is 82.0 Å². The van der Waals surface area contributed by atoms with Crippen molar-refractivity contribution in [1.82, 2.24) is 29.0 Å². The number of benzene rings is 1. The molecule has 14 heteroatoms. The van der Waals surface area contributed by atoms with Gasteiger partial charge in [0.25, 0.3) is 11.5 Å². The number of hydrogen-bond acceptors (Lipinski definition) is 10. The molecule has 0 saturated carbocycles. The third kappa shape index (κ3) is 5.50. The molecule has 4 aromatic heterocycles. The Kier molecular flexibility index (Phi) is 7.93. The van der Waals surface area contributed by atoms with Crippen molar-refractivity contribution in [2.24, 2.45) is 0 Å². The molecule has 242 valence electrons. The number of aryl methyl sites for hydroxylation is 1. The maximum Gasteiger partial charge on any atom is 0.299 e. The van der Waals surface area contributed by atoms with Crippen LogP contribution in [-0.4, -0.2) is 85.4 Å². The number of pyridine rings is 1. The molecular formula is C33H34N8O6. The Morgan fingerprint density at radius 2 is 1.94 bits per heavy atom. The van der Waals surface area contributed by atoms with E-state index in [9.17, 15) is 19.5 Å². The van der Waals surface area contributed by atoms with E-state index in [-0.39, 0.29) is 41.1 Å². The number of rotatable bonds is 7. The number of fused-ring (bicyclic) bond motifs is 2. The van der Waals surface area contributed by atoms with Gasteiger partial charge in [-0.25, -0.2) is 4.98 Å². The van der Waals surface area contributed by atoms with Crippen LogP contribution in [0.2, 0.25) is 0 Å². The van der Waals surface area contributed by atoms with Gasteiger partial charge in [0.1, 0.15) is 23.6 Å². The van der Waals surface area contributed by atoms with Gasteiger partial charge >= 0.3 is 0 Å². The number of nitrogens with zero attached hydrogens (tertiary/aromatic N) is 7. The molecule has 0 atom stereocenters. The number of furan rings is 1. The van der Waals surface area contributed by atoms with E-state index in [0.29, 0.717) is 80.7 Å². The molecule has 0 radical (unpaired) electrons. The van der Waals surface area contributed by atoms with Gasteiger partial charge in [-0.15, -0.1) is 5.10 Å². The van der Waals surface area contributed by atoms with Gasteiger partial charge in [0.2, 0.25) is 11.7 Å². The molecule has 7 rings (SSSR count). The second kappa shape index (κ2) is 12.4. The van der Waals surface area contributed by atoms with Gasteiger partial charge < -0.3 is 33.9 Å². The highest BCUT2D eigenvalue weighted by Crippen LogP contribution is 2.28. The molecule has 6 heterocycles. The minimum Gasteiger partial charge on any atom is -0.505 e. The zero-order chi connectivity index (χ0) is 32.7. The average Bonchev–Trinajstić information content (AvgIpc) is 3.77. The zero-order valence-electron chi connectivity index (χ0n) is 26.1. The number of amides is 2. The largest absolute Gasteiger partial charge is 0.505 e. The smallest absolute Gasteiger partial charge is 0.299 e. The first kappa shape index (κ1) is 30.2. The first-order valence-electron chi connectivity index (χ1n) is 15.6. The van der Waals surface area contributed by atoms with E-state index in [1.807, 2.05) is 43.0 Å². The fourth-order valence-corrected chi connectivity index (χ4v) is 6.28. The number of piperazine rings is 1. The lowest BCUT2D eigenvalue weighted by Crippen LogP contribution is -2.51. The van der Waals surface area contributed by atoms with Crippen LogP contribution in [0, 0.1) is 6.92 Å². The molecule has 2 amide bonds. The van der Waals surface area contributed by atoms with Crippen molar-refractivity contribution in [2.45, 2.75) is 33.2 Å². The molecule has 5 aromatic rings. The Bertz CT molecular complexity index is 2100. The van der Waals surface area contributed by atoms with E-state index in [1.54, 1.807) is 21.8 Å². The summed E-state index contributed by atoms with van der Waals surface area (Å²) in [7, 11) is 0. The molecule has 1 fully saturated rings. The normalized spacial score (nSPS) is 15.3. The predicted octanol–water partition coefficient (Wildman–Crippen LogP) is 3.01. The maximum atomic E-state index is 14.2. The van der Waals surface area contributed by atoms with Crippen LogP contribution in [-0.2, 0) is 22.5 Å². The number of carbonyl (C=O) groups excluding carboxylic acids is 2. The van der Waals surface area contributed by atoms with Crippen molar-refractivity contribution in [1.29, 1.82) is 0 Å². The van der Waals surface area contributed by atoms with Gasteiger partial charge in [0.15, 0.2) is 11.5 Å². The lowest BCUT2D eigenvalue weighted by Gasteiger charge is -2.36. The van der Waals surface area contributed by atoms with Crippen LogP contribution in [0.25, 0.3) is 22.3 Å². The number of aromatic hydroxyl groups is 1. The van der Waals surface area contributed by atoms with Crippen molar-refractivity contribution in [3.8, 4) is 5.75 Å². The topological polar surface area (TPSA) is 160 Å². The Balaban J connectivity index is 1.25. The SMILES string of the molecule is CCc1c(N2CCN(C(=O)c3ncccc3O)CC2)c(=O)n2nc(C3=CCOCC3)nc2n1CC(=O)Nc1ccc(C)c2occc12. The summed E-state index contributed by atoms with van der Waals surface area (Å²) in [5.74, 6) is -0.173. The minimum absolute atomic E-state index is 0.0104. The molecule has 1 saturated heterocycles. The Hall–Kier alpha value is -5.50. The average molecular weight is 639 g/mol. The molecular weight excluding hydrogens is 604 g/mol. The Morgan fingerprint density at radius 3 is 2.68 bits per heavy atom. The molecule has 47 heavy (non-hydrogen) atoms. The minimum atomic E-state index is -0.378. The third-order valence-electron chi connectivity index (χ3n) is 8.67. The highest BCUT2D eigenvalue weighted by molar-refractivity contribution is 6.01. The van der Waals surface area contributed by atoms with Gasteiger partial charge in [-0.05, 0) is 55.2 Å². The van der Waals surface area contributed by atoms with E-state index in [4.69, 9.17) is 14.1 Å². The highest BCUT2D eigenvalue weighted by atomic mass is 16.5. The first-order chi connectivity index (χ1) is 22.8. The number of carbonyl (C=O) groups is 2. The molecule has 0 aliphatic carbocycles. The van der Waals surface area contributed by atoms with Crippen LogP contribution in [0.3, 0.4) is 0 Å². The lowest BCUT2D eigenvalue weighted by molar-refractivity contribution is -0.116. The van der Waals surface area contributed by atoms with Gasteiger partial charge in [-0.3, -0.25) is 14.4 Å². The number of aromatic nitrogens is 5. The summed E-state index contributed by atoms with van der Waals surface area (Å²) in [6.45, 7) is 6.03. The number of hydrogen-bond donors (Lipinski definition) is 2. The fourth-order valence-electron chi connectivity index (χ4n) is 6.28. The molecule has 0 spiro atoms. The van der Waals surface area contributed by atoms with Crippen LogP contribution in [0.4, 0.5) is 11.4 Å². The molecule has 14 nitrogen and oxygen atoms in total. The van der Waals surface area contributed by atoms with E-state index in [1.165, 1.54) is 16.8 Å². The van der Waals surface area contributed by atoms with E-state index in [2.05, 4.69) is 15.4 Å². The highest BCUT2D eigenvalue weighted by Gasteiger charge is 2.30. The van der Waals surface area contributed by atoms with Gasteiger partial charge in [-0.1, -0.05) is 19.1 Å². The standard InChI is InChI=1S/C33H34N8O6/c1-3-24-28(38-12-14-39(15-13-38)31(44)27-25(42)5-4-11-34-27)32(45)41-33(36-30(37-41)21-8-16-46-17-9-21)40(24)19-26(43)35-23-7-6-20(2)29-22(23)10-18-47-29/h4-8,10-11,18,42H,3,9,12-17,19H2,1-2H3,(H,35,43). The quantitative estimate of drug-likeness (QED) is 0.271. The molecule has 1 aromatic carbocycles. The van der Waals surface area contributed by atoms with Crippen molar-refractivity contribution in [3.63, 3.8) is 0 Å². The second-order valence-corrected chi connectivity index (χ2v) is 11.5. The van der Waals surface area contributed by atoms with Gasteiger partial charge in [0, 0.05) is 37.8 Å². The summed E-state index contributed by atoms with van der Waals surface area (Å²) in [5.41, 5.74) is 3.84. The number of anilines is 2. The van der Waals surface area contributed by atoms with Crippen LogP contribution < -0.4 is 15.8 Å².